The fraction of sp³-hybridized carbons (Fsp3) is 0.214. The first-order chi connectivity index (χ1) is 10.1. The number of aromatic carboxylic acids is 1. The second-order valence-corrected chi connectivity index (χ2v) is 5.15. The smallest absolute Gasteiger partial charge is 0.355 e. The van der Waals surface area contributed by atoms with E-state index in [0.29, 0.717) is 17.2 Å². The number of amides is 1. The number of carboxylic acids is 1. The highest BCUT2D eigenvalue weighted by molar-refractivity contribution is 7.09. The lowest BCUT2D eigenvalue weighted by Crippen LogP contribution is -2.24. The summed E-state index contributed by atoms with van der Waals surface area (Å²) in [6.45, 7) is 0.544. The van der Waals surface area contributed by atoms with E-state index in [-0.39, 0.29) is 18.1 Å². The summed E-state index contributed by atoms with van der Waals surface area (Å²) in [6, 6.07) is 7.16. The minimum absolute atomic E-state index is 0.0102. The Balaban J connectivity index is 2.02. The number of nitrogens with one attached hydrogen (secondary N) is 1. The average Bonchev–Trinajstić information content (AvgIpc) is 2.95. The molecule has 2 rings (SSSR count). The van der Waals surface area contributed by atoms with Crippen molar-refractivity contribution in [3.8, 4) is 0 Å². The Kier molecular flexibility index (Phi) is 5.02. The van der Waals surface area contributed by atoms with Gasteiger partial charge in [0.1, 0.15) is 5.01 Å². The van der Waals surface area contributed by atoms with Crippen molar-refractivity contribution < 1.29 is 19.4 Å². The number of carbonyl (C=O) groups is 2. The summed E-state index contributed by atoms with van der Waals surface area (Å²) >= 11 is 1.20. The molecule has 0 unspecified atom stereocenters. The molecule has 0 radical (unpaired) electrons. The zero-order valence-corrected chi connectivity index (χ0v) is 12.1. The van der Waals surface area contributed by atoms with Gasteiger partial charge in [-0.2, -0.15) is 0 Å². The number of benzene rings is 1. The molecule has 1 heterocycles. The van der Waals surface area contributed by atoms with Gasteiger partial charge in [0.25, 0.3) is 5.91 Å². The molecule has 1 aromatic carbocycles. The van der Waals surface area contributed by atoms with E-state index in [9.17, 15) is 9.59 Å². The van der Waals surface area contributed by atoms with E-state index >= 15 is 0 Å². The maximum Gasteiger partial charge on any atom is 0.355 e. The molecule has 6 nitrogen and oxygen atoms in total. The molecule has 21 heavy (non-hydrogen) atoms. The number of hydrogen-bond acceptors (Lipinski definition) is 5. The Morgan fingerprint density at radius 1 is 1.38 bits per heavy atom. The number of hydrogen-bond donors (Lipinski definition) is 2. The molecular weight excluding hydrogens is 292 g/mol. The number of carbonyl (C=O) groups excluding carboxylic acids is 1. The Hall–Kier alpha value is -2.25. The number of carboxylic acid groups (broad SMARTS) is 1. The third-order valence-electron chi connectivity index (χ3n) is 2.73. The van der Waals surface area contributed by atoms with Gasteiger partial charge in [0.15, 0.2) is 5.69 Å². The van der Waals surface area contributed by atoms with Gasteiger partial charge in [-0.05, 0) is 11.6 Å². The molecule has 110 valence electrons. The van der Waals surface area contributed by atoms with Crippen molar-refractivity contribution in [2.75, 3.05) is 7.11 Å². The second kappa shape index (κ2) is 6.96. The minimum atomic E-state index is -1.07. The Morgan fingerprint density at radius 2 is 2.14 bits per heavy atom. The Morgan fingerprint density at radius 3 is 2.81 bits per heavy atom. The van der Waals surface area contributed by atoms with Crippen LogP contribution in [0.2, 0.25) is 0 Å². The molecule has 0 atom stereocenters. The van der Waals surface area contributed by atoms with Crippen LogP contribution in [0.15, 0.2) is 29.6 Å². The zero-order chi connectivity index (χ0) is 15.2. The highest BCUT2D eigenvalue weighted by atomic mass is 32.1. The molecule has 2 aromatic rings. The van der Waals surface area contributed by atoms with E-state index in [1.165, 1.54) is 16.7 Å². The van der Waals surface area contributed by atoms with Gasteiger partial charge >= 0.3 is 5.97 Å². The summed E-state index contributed by atoms with van der Waals surface area (Å²) in [5.74, 6) is -1.32. The van der Waals surface area contributed by atoms with Crippen molar-refractivity contribution in [2.45, 2.75) is 13.2 Å². The van der Waals surface area contributed by atoms with Crippen molar-refractivity contribution in [1.82, 2.24) is 10.3 Å². The Labute approximate surface area is 125 Å². The van der Waals surface area contributed by atoms with Crippen molar-refractivity contribution in [3.05, 3.63) is 51.5 Å². The van der Waals surface area contributed by atoms with Crippen molar-refractivity contribution >= 4 is 23.2 Å². The molecule has 0 bridgehead atoms. The van der Waals surface area contributed by atoms with Crippen LogP contribution in [0.1, 0.15) is 31.4 Å². The van der Waals surface area contributed by atoms with Gasteiger partial charge in [-0.25, -0.2) is 9.78 Å². The fourth-order valence-corrected chi connectivity index (χ4v) is 2.47. The molecular formula is C14H14N2O4S. The molecule has 0 aliphatic carbocycles. The Bertz CT molecular complexity index is 654. The van der Waals surface area contributed by atoms with Crippen LogP contribution in [0.5, 0.6) is 0 Å². The molecule has 0 saturated heterocycles. The predicted octanol–water partition coefficient (Wildman–Crippen LogP) is 1.92. The number of ether oxygens (including phenoxy) is 1. The third-order valence-corrected chi connectivity index (χ3v) is 3.58. The summed E-state index contributed by atoms with van der Waals surface area (Å²) in [4.78, 5) is 26.8. The second-order valence-electron chi connectivity index (χ2n) is 4.20. The van der Waals surface area contributed by atoms with Crippen LogP contribution in [0.4, 0.5) is 0 Å². The summed E-state index contributed by atoms with van der Waals surface area (Å²) < 4.78 is 5.06. The molecule has 0 spiro atoms. The van der Waals surface area contributed by atoms with E-state index in [0.717, 1.165) is 5.56 Å². The first-order valence-electron chi connectivity index (χ1n) is 6.14. The van der Waals surface area contributed by atoms with Crippen LogP contribution in [-0.4, -0.2) is 29.1 Å². The van der Waals surface area contributed by atoms with Crippen LogP contribution >= 0.6 is 11.3 Å². The molecule has 0 fully saturated rings. The van der Waals surface area contributed by atoms with Gasteiger partial charge in [0.05, 0.1) is 13.2 Å². The van der Waals surface area contributed by atoms with E-state index in [1.54, 1.807) is 19.2 Å². The van der Waals surface area contributed by atoms with E-state index in [1.807, 2.05) is 12.1 Å². The molecule has 0 aliphatic heterocycles. The topological polar surface area (TPSA) is 88.5 Å². The highest BCUT2D eigenvalue weighted by Crippen LogP contribution is 2.12. The van der Waals surface area contributed by atoms with Gasteiger partial charge < -0.3 is 15.2 Å². The first kappa shape index (κ1) is 15.1. The molecule has 7 heteroatoms. The summed E-state index contributed by atoms with van der Waals surface area (Å²) in [5.41, 5.74) is 1.32. The highest BCUT2D eigenvalue weighted by Gasteiger charge is 2.12. The largest absolute Gasteiger partial charge is 0.476 e. The lowest BCUT2D eigenvalue weighted by atomic mass is 10.1. The van der Waals surface area contributed by atoms with Crippen molar-refractivity contribution in [3.63, 3.8) is 0 Å². The van der Waals surface area contributed by atoms with Gasteiger partial charge in [0, 0.05) is 18.1 Å². The van der Waals surface area contributed by atoms with E-state index < -0.39 is 5.97 Å². The summed E-state index contributed by atoms with van der Waals surface area (Å²) in [7, 11) is 1.57. The molecule has 0 saturated carbocycles. The quantitative estimate of drug-likeness (QED) is 0.851. The number of aromatic nitrogens is 1. The SMILES string of the molecule is COCc1ccccc1C(=O)NCc1nc(C(=O)O)cs1. The predicted molar refractivity (Wildman–Crippen MR) is 77.4 cm³/mol. The average molecular weight is 306 g/mol. The maximum absolute atomic E-state index is 12.1. The van der Waals surface area contributed by atoms with Crippen LogP contribution in [0.25, 0.3) is 0 Å². The number of methoxy groups -OCH3 is 1. The molecule has 0 aliphatic rings. The maximum atomic E-state index is 12.1. The molecule has 1 aromatic heterocycles. The first-order valence-corrected chi connectivity index (χ1v) is 7.02. The summed E-state index contributed by atoms with van der Waals surface area (Å²) in [6.07, 6.45) is 0. The van der Waals surface area contributed by atoms with Crippen LogP contribution < -0.4 is 5.32 Å². The minimum Gasteiger partial charge on any atom is -0.476 e. The van der Waals surface area contributed by atoms with Crippen molar-refractivity contribution in [1.29, 1.82) is 0 Å². The third kappa shape index (κ3) is 3.87. The van der Waals surface area contributed by atoms with E-state index in [2.05, 4.69) is 10.3 Å². The van der Waals surface area contributed by atoms with Crippen molar-refractivity contribution in [2.24, 2.45) is 0 Å². The number of rotatable bonds is 6. The molecule has 2 N–H and O–H groups in total. The van der Waals surface area contributed by atoms with Gasteiger partial charge in [-0.1, -0.05) is 18.2 Å². The summed E-state index contributed by atoms with van der Waals surface area (Å²) in [5, 5.41) is 13.5. The van der Waals surface area contributed by atoms with Gasteiger partial charge in [0.2, 0.25) is 0 Å². The van der Waals surface area contributed by atoms with Gasteiger partial charge in [-0.15, -0.1) is 11.3 Å². The van der Waals surface area contributed by atoms with E-state index in [4.69, 9.17) is 9.84 Å². The zero-order valence-electron chi connectivity index (χ0n) is 11.3. The standard InChI is InChI=1S/C14H14N2O4S/c1-20-7-9-4-2-3-5-10(9)13(17)15-6-12-16-11(8-21-12)14(18)19/h2-5,8H,6-7H2,1H3,(H,15,17)(H,18,19). The lowest BCUT2D eigenvalue weighted by Gasteiger charge is -2.08. The number of nitrogens with zero attached hydrogens (tertiary/aromatic N) is 1. The molecule has 1 amide bonds. The fourth-order valence-electron chi connectivity index (χ4n) is 1.76. The van der Waals surface area contributed by atoms with Gasteiger partial charge in [-0.3, -0.25) is 4.79 Å². The number of thiazole rings is 1. The lowest BCUT2D eigenvalue weighted by molar-refractivity contribution is 0.0691. The van der Waals surface area contributed by atoms with Crippen LogP contribution in [0, 0.1) is 0 Å². The monoisotopic (exact) mass is 306 g/mol. The normalized spacial score (nSPS) is 10.3. The van der Waals surface area contributed by atoms with Crippen LogP contribution in [0.3, 0.4) is 0 Å². The van der Waals surface area contributed by atoms with Crippen LogP contribution in [-0.2, 0) is 17.9 Å².